The fourth-order valence-corrected chi connectivity index (χ4v) is 2.44. The zero-order valence-electron chi connectivity index (χ0n) is 10.5. The Kier molecular flexibility index (Phi) is 4.25. The van der Waals surface area contributed by atoms with Crippen molar-refractivity contribution >= 4 is 17.5 Å². The van der Waals surface area contributed by atoms with Gasteiger partial charge in [-0.3, -0.25) is 4.79 Å². The minimum Gasteiger partial charge on any atom is -0.391 e. The fourth-order valence-electron chi connectivity index (χ4n) is 2.32. The normalized spacial score (nSPS) is 21.1. The molecule has 0 bridgehead atoms. The molecule has 1 aliphatic rings. The predicted molar refractivity (Wildman–Crippen MR) is 71.5 cm³/mol. The number of rotatable bonds is 3. The van der Waals surface area contributed by atoms with Gasteiger partial charge in [0, 0.05) is 24.0 Å². The molecule has 2 atom stereocenters. The van der Waals surface area contributed by atoms with E-state index in [4.69, 9.17) is 11.6 Å². The van der Waals surface area contributed by atoms with Gasteiger partial charge in [-0.25, -0.2) is 0 Å². The molecule has 1 unspecified atom stereocenters. The first-order valence-corrected chi connectivity index (χ1v) is 6.65. The van der Waals surface area contributed by atoms with Crippen LogP contribution in [0.3, 0.4) is 0 Å². The van der Waals surface area contributed by atoms with Gasteiger partial charge in [-0.05, 0) is 30.5 Å². The van der Waals surface area contributed by atoms with Gasteiger partial charge in [0.15, 0.2) is 0 Å². The highest BCUT2D eigenvalue weighted by Gasteiger charge is 2.27. The van der Waals surface area contributed by atoms with E-state index in [1.807, 2.05) is 31.2 Å². The lowest BCUT2D eigenvalue weighted by molar-refractivity contribution is -0.134. The molecule has 0 saturated carbocycles. The number of hydrogen-bond acceptors (Lipinski definition) is 2. The van der Waals surface area contributed by atoms with E-state index >= 15 is 0 Å². The van der Waals surface area contributed by atoms with Crippen LogP contribution in [-0.4, -0.2) is 35.1 Å². The molecular weight excluding hydrogens is 250 g/mol. The lowest BCUT2D eigenvalue weighted by Crippen LogP contribution is -2.34. The molecule has 0 spiro atoms. The molecule has 1 fully saturated rings. The summed E-state index contributed by atoms with van der Waals surface area (Å²) in [4.78, 5) is 13.9. The summed E-state index contributed by atoms with van der Waals surface area (Å²) in [7, 11) is 0. The first-order valence-electron chi connectivity index (χ1n) is 6.27. The Morgan fingerprint density at radius 3 is 2.72 bits per heavy atom. The van der Waals surface area contributed by atoms with Crippen molar-refractivity contribution in [2.45, 2.75) is 25.9 Å². The zero-order valence-corrected chi connectivity index (χ0v) is 11.2. The molecule has 4 heteroatoms. The number of nitrogens with zero attached hydrogens (tertiary/aromatic N) is 1. The first kappa shape index (κ1) is 13.4. The Bertz CT molecular complexity index is 418. The highest BCUT2D eigenvalue weighted by molar-refractivity contribution is 6.30. The number of amides is 1. The van der Waals surface area contributed by atoms with Crippen molar-refractivity contribution in [1.82, 2.24) is 4.90 Å². The molecule has 1 amide bonds. The van der Waals surface area contributed by atoms with Crippen LogP contribution in [0, 0.1) is 5.92 Å². The van der Waals surface area contributed by atoms with Gasteiger partial charge in [-0.1, -0.05) is 30.7 Å². The topological polar surface area (TPSA) is 40.5 Å². The number of benzene rings is 1. The lowest BCUT2D eigenvalue weighted by Gasteiger charge is -2.20. The van der Waals surface area contributed by atoms with Gasteiger partial charge in [0.05, 0.1) is 6.10 Å². The molecule has 1 aromatic rings. The van der Waals surface area contributed by atoms with Crippen LogP contribution in [0.1, 0.15) is 18.9 Å². The molecule has 3 nitrogen and oxygen atoms in total. The molecule has 1 saturated heterocycles. The molecule has 1 aromatic carbocycles. The second kappa shape index (κ2) is 5.72. The first-order chi connectivity index (χ1) is 8.56. The smallest absolute Gasteiger partial charge is 0.225 e. The third kappa shape index (κ3) is 3.24. The maximum atomic E-state index is 12.2. The van der Waals surface area contributed by atoms with Gasteiger partial charge in [0.2, 0.25) is 5.91 Å². The number of likely N-dealkylation sites (tertiary alicyclic amines) is 1. The van der Waals surface area contributed by atoms with Crippen molar-refractivity contribution < 1.29 is 9.90 Å². The van der Waals surface area contributed by atoms with E-state index in [-0.39, 0.29) is 17.9 Å². The summed E-state index contributed by atoms with van der Waals surface area (Å²) in [5.41, 5.74) is 1.11. The van der Waals surface area contributed by atoms with Crippen molar-refractivity contribution in [1.29, 1.82) is 0 Å². The van der Waals surface area contributed by atoms with Gasteiger partial charge in [-0.15, -0.1) is 0 Å². The highest BCUT2D eigenvalue weighted by Crippen LogP contribution is 2.17. The number of halogens is 1. The third-order valence-corrected chi connectivity index (χ3v) is 3.60. The van der Waals surface area contributed by atoms with Gasteiger partial charge in [-0.2, -0.15) is 0 Å². The number of β-amino-alcohol motifs (C(OH)–C–C–N with tert-alkyl or cyclic N) is 1. The maximum absolute atomic E-state index is 12.2. The second-order valence-electron chi connectivity index (χ2n) is 4.96. The van der Waals surface area contributed by atoms with Crippen molar-refractivity contribution in [2.24, 2.45) is 5.92 Å². The van der Waals surface area contributed by atoms with Crippen LogP contribution in [0.15, 0.2) is 24.3 Å². The fraction of sp³-hybridized carbons (Fsp3) is 0.500. The number of aliphatic hydroxyl groups is 1. The standard InChI is InChI=1S/C14H18ClNO2/c1-10(8-11-2-4-12(15)5-3-11)14(18)16-7-6-13(17)9-16/h2-5,10,13,17H,6-9H2,1H3/t10?,13-/m1/s1. The minimum atomic E-state index is -0.350. The predicted octanol–water partition coefficient (Wildman–Crippen LogP) is 2.11. The summed E-state index contributed by atoms with van der Waals surface area (Å²) in [6, 6.07) is 7.58. The summed E-state index contributed by atoms with van der Waals surface area (Å²) < 4.78 is 0. The van der Waals surface area contributed by atoms with Gasteiger partial charge in [0.1, 0.15) is 0 Å². The van der Waals surface area contributed by atoms with Crippen LogP contribution in [0.5, 0.6) is 0 Å². The van der Waals surface area contributed by atoms with E-state index in [1.54, 1.807) is 4.90 Å². The average Bonchev–Trinajstić information content (AvgIpc) is 2.78. The van der Waals surface area contributed by atoms with E-state index < -0.39 is 0 Å². The molecule has 98 valence electrons. The highest BCUT2D eigenvalue weighted by atomic mass is 35.5. The summed E-state index contributed by atoms with van der Waals surface area (Å²) in [6.07, 6.45) is 1.05. The maximum Gasteiger partial charge on any atom is 0.225 e. The van der Waals surface area contributed by atoms with E-state index in [0.29, 0.717) is 31.0 Å². The summed E-state index contributed by atoms with van der Waals surface area (Å²) in [5, 5.41) is 10.2. The van der Waals surface area contributed by atoms with E-state index in [1.165, 1.54) is 0 Å². The van der Waals surface area contributed by atoms with Crippen molar-refractivity contribution in [3.8, 4) is 0 Å². The zero-order chi connectivity index (χ0) is 13.1. The van der Waals surface area contributed by atoms with Crippen LogP contribution in [0.2, 0.25) is 5.02 Å². The molecule has 1 heterocycles. The van der Waals surface area contributed by atoms with E-state index in [9.17, 15) is 9.90 Å². The Morgan fingerprint density at radius 2 is 2.17 bits per heavy atom. The van der Waals surface area contributed by atoms with Crippen LogP contribution < -0.4 is 0 Å². The Morgan fingerprint density at radius 1 is 1.50 bits per heavy atom. The number of carbonyl (C=O) groups is 1. The molecule has 18 heavy (non-hydrogen) atoms. The van der Waals surface area contributed by atoms with E-state index in [2.05, 4.69) is 0 Å². The van der Waals surface area contributed by atoms with Gasteiger partial charge < -0.3 is 10.0 Å². The molecule has 1 N–H and O–H groups in total. The van der Waals surface area contributed by atoms with Gasteiger partial charge >= 0.3 is 0 Å². The summed E-state index contributed by atoms with van der Waals surface area (Å²) >= 11 is 5.83. The van der Waals surface area contributed by atoms with E-state index in [0.717, 1.165) is 5.56 Å². The minimum absolute atomic E-state index is 0.0588. The molecule has 0 aliphatic carbocycles. The molecule has 0 aromatic heterocycles. The number of carbonyl (C=O) groups excluding carboxylic acids is 1. The Hall–Kier alpha value is -1.06. The monoisotopic (exact) mass is 267 g/mol. The van der Waals surface area contributed by atoms with Crippen molar-refractivity contribution in [2.75, 3.05) is 13.1 Å². The quantitative estimate of drug-likeness (QED) is 0.911. The number of aliphatic hydroxyl groups excluding tert-OH is 1. The Labute approximate surface area is 112 Å². The molecule has 0 radical (unpaired) electrons. The number of hydrogen-bond donors (Lipinski definition) is 1. The Balaban J connectivity index is 1.93. The largest absolute Gasteiger partial charge is 0.391 e. The lowest BCUT2D eigenvalue weighted by atomic mass is 10.00. The molecular formula is C14H18ClNO2. The van der Waals surface area contributed by atoms with Crippen LogP contribution >= 0.6 is 11.6 Å². The van der Waals surface area contributed by atoms with Crippen LogP contribution in [0.25, 0.3) is 0 Å². The summed E-state index contributed by atoms with van der Waals surface area (Å²) in [5.74, 6) is 0.0676. The van der Waals surface area contributed by atoms with Crippen LogP contribution in [-0.2, 0) is 11.2 Å². The molecule has 2 rings (SSSR count). The van der Waals surface area contributed by atoms with Crippen LogP contribution in [0.4, 0.5) is 0 Å². The van der Waals surface area contributed by atoms with Crippen molar-refractivity contribution in [3.05, 3.63) is 34.9 Å². The average molecular weight is 268 g/mol. The molecule has 1 aliphatic heterocycles. The summed E-state index contributed by atoms with van der Waals surface area (Å²) in [6.45, 7) is 3.08. The SMILES string of the molecule is CC(Cc1ccc(Cl)cc1)C(=O)N1CC[C@@H](O)C1. The second-order valence-corrected chi connectivity index (χ2v) is 5.39. The van der Waals surface area contributed by atoms with Gasteiger partial charge in [0.25, 0.3) is 0 Å². The third-order valence-electron chi connectivity index (χ3n) is 3.35. The van der Waals surface area contributed by atoms with Crippen molar-refractivity contribution in [3.63, 3.8) is 0 Å².